The van der Waals surface area contributed by atoms with Crippen molar-refractivity contribution in [2.24, 2.45) is 5.73 Å². The second-order valence-corrected chi connectivity index (χ2v) is 5.54. The number of nitrogens with two attached hydrogens (primary N) is 1. The van der Waals surface area contributed by atoms with E-state index in [0.29, 0.717) is 0 Å². The Kier molecular flexibility index (Phi) is 3.93. The van der Waals surface area contributed by atoms with Crippen molar-refractivity contribution in [3.8, 4) is 0 Å². The van der Waals surface area contributed by atoms with Gasteiger partial charge in [-0.1, -0.05) is 36.4 Å². The fourth-order valence-electron chi connectivity index (χ4n) is 2.79. The maximum atomic E-state index is 6.34. The van der Waals surface area contributed by atoms with E-state index >= 15 is 0 Å². The summed E-state index contributed by atoms with van der Waals surface area (Å²) in [4.78, 5) is 5.52. The van der Waals surface area contributed by atoms with Gasteiger partial charge in [-0.25, -0.2) is 0 Å². The summed E-state index contributed by atoms with van der Waals surface area (Å²) in [6.07, 6.45) is 2.95. The number of likely N-dealkylation sites (N-methyl/N-ethyl adjacent to an activating group) is 1. The number of aromatic nitrogens is 1. The predicted molar refractivity (Wildman–Crippen MR) is 89.7 cm³/mol. The van der Waals surface area contributed by atoms with Crippen LogP contribution in [0.15, 0.2) is 60.8 Å². The first kappa shape index (κ1) is 13.7. The highest BCUT2D eigenvalue weighted by atomic mass is 15.1. The lowest BCUT2D eigenvalue weighted by Gasteiger charge is -2.23. The molecule has 0 unspecified atom stereocenters. The maximum Gasteiger partial charge on any atom is 0.0456 e. The molecule has 1 heterocycles. The summed E-state index contributed by atoms with van der Waals surface area (Å²) in [5, 5.41) is 1.27. The van der Waals surface area contributed by atoms with Crippen LogP contribution in [0.2, 0.25) is 0 Å². The second-order valence-electron chi connectivity index (χ2n) is 5.54. The zero-order valence-corrected chi connectivity index (χ0v) is 12.3. The van der Waals surface area contributed by atoms with Gasteiger partial charge in [-0.3, -0.25) is 0 Å². The lowest BCUT2D eigenvalue weighted by atomic mass is 10.1. The normalized spacial score (nSPS) is 12.5. The topological polar surface area (TPSA) is 45.0 Å². The fourth-order valence-corrected chi connectivity index (χ4v) is 2.79. The van der Waals surface area contributed by atoms with Crippen LogP contribution in [0.4, 0.5) is 5.69 Å². The Labute approximate surface area is 125 Å². The van der Waals surface area contributed by atoms with Crippen molar-refractivity contribution in [3.63, 3.8) is 0 Å². The molecule has 0 spiro atoms. The van der Waals surface area contributed by atoms with Crippen LogP contribution in [0, 0.1) is 0 Å². The van der Waals surface area contributed by atoms with Crippen molar-refractivity contribution in [2.45, 2.75) is 12.5 Å². The average molecular weight is 279 g/mol. The Bertz CT molecular complexity index is 703. The maximum absolute atomic E-state index is 6.34. The third-order valence-corrected chi connectivity index (χ3v) is 3.86. The van der Waals surface area contributed by atoms with Gasteiger partial charge in [0.2, 0.25) is 0 Å². The van der Waals surface area contributed by atoms with E-state index in [1.54, 1.807) is 0 Å². The number of fused-ring (bicyclic) bond motifs is 1. The highest BCUT2D eigenvalue weighted by molar-refractivity contribution is 5.83. The Balaban J connectivity index is 1.68. The second kappa shape index (κ2) is 6.02. The summed E-state index contributed by atoms with van der Waals surface area (Å²) in [6, 6.07) is 18.8. The third kappa shape index (κ3) is 3.09. The number of para-hydroxylation sites is 2. The molecule has 0 bridgehead atoms. The van der Waals surface area contributed by atoms with Gasteiger partial charge in [0.25, 0.3) is 0 Å². The Morgan fingerprint density at radius 3 is 2.57 bits per heavy atom. The summed E-state index contributed by atoms with van der Waals surface area (Å²) in [5.41, 5.74) is 10.0. The molecule has 3 N–H and O–H groups in total. The van der Waals surface area contributed by atoms with Crippen LogP contribution in [-0.2, 0) is 6.42 Å². The van der Waals surface area contributed by atoms with Crippen molar-refractivity contribution >= 4 is 16.6 Å². The molecule has 108 valence electrons. The molecule has 0 aliphatic carbocycles. The van der Waals surface area contributed by atoms with E-state index in [1.165, 1.54) is 22.2 Å². The molecule has 1 aromatic heterocycles. The van der Waals surface area contributed by atoms with Gasteiger partial charge < -0.3 is 15.6 Å². The molecule has 21 heavy (non-hydrogen) atoms. The van der Waals surface area contributed by atoms with Crippen molar-refractivity contribution in [1.82, 2.24) is 4.98 Å². The molecule has 0 saturated carbocycles. The van der Waals surface area contributed by atoms with E-state index in [-0.39, 0.29) is 6.04 Å². The molecule has 0 fully saturated rings. The number of nitrogens with one attached hydrogen (secondary N) is 1. The van der Waals surface area contributed by atoms with Crippen LogP contribution in [0.25, 0.3) is 10.9 Å². The Hall–Kier alpha value is -2.26. The van der Waals surface area contributed by atoms with Crippen molar-refractivity contribution < 1.29 is 0 Å². The lowest BCUT2D eigenvalue weighted by Crippen LogP contribution is -2.36. The average Bonchev–Trinajstić information content (AvgIpc) is 2.91. The predicted octanol–water partition coefficient (Wildman–Crippen LogP) is 3.17. The molecule has 0 aliphatic heterocycles. The number of anilines is 1. The SMILES string of the molecule is CN(C[C@@H](N)Cc1c[nH]c2ccccc12)c1ccccc1. The number of benzene rings is 2. The van der Waals surface area contributed by atoms with E-state index in [1.807, 2.05) is 12.1 Å². The minimum atomic E-state index is 0.106. The van der Waals surface area contributed by atoms with Crippen molar-refractivity contribution in [2.75, 3.05) is 18.5 Å². The molecule has 2 aromatic carbocycles. The first-order chi connectivity index (χ1) is 10.2. The summed E-state index contributed by atoms with van der Waals surface area (Å²) in [7, 11) is 2.09. The van der Waals surface area contributed by atoms with Crippen LogP contribution < -0.4 is 10.6 Å². The van der Waals surface area contributed by atoms with Gasteiger partial charge in [0, 0.05) is 42.4 Å². The van der Waals surface area contributed by atoms with E-state index in [0.717, 1.165) is 13.0 Å². The largest absolute Gasteiger partial charge is 0.373 e. The third-order valence-electron chi connectivity index (χ3n) is 3.86. The number of hydrogen-bond donors (Lipinski definition) is 2. The molecule has 0 radical (unpaired) electrons. The van der Waals surface area contributed by atoms with E-state index < -0.39 is 0 Å². The van der Waals surface area contributed by atoms with Gasteiger partial charge in [-0.15, -0.1) is 0 Å². The molecule has 3 aromatic rings. The number of rotatable bonds is 5. The molecule has 1 atom stereocenters. The van der Waals surface area contributed by atoms with Crippen LogP contribution >= 0.6 is 0 Å². The van der Waals surface area contributed by atoms with Crippen LogP contribution in [0.3, 0.4) is 0 Å². The molecule has 3 rings (SSSR count). The summed E-state index contributed by atoms with van der Waals surface area (Å²) >= 11 is 0. The first-order valence-corrected chi connectivity index (χ1v) is 7.31. The molecule has 0 saturated heterocycles. The van der Waals surface area contributed by atoms with Crippen LogP contribution in [0.5, 0.6) is 0 Å². The zero-order valence-electron chi connectivity index (χ0n) is 12.3. The highest BCUT2D eigenvalue weighted by Crippen LogP contribution is 2.19. The monoisotopic (exact) mass is 279 g/mol. The Morgan fingerprint density at radius 2 is 1.76 bits per heavy atom. The molecule has 0 amide bonds. The minimum Gasteiger partial charge on any atom is -0.373 e. The summed E-state index contributed by atoms with van der Waals surface area (Å²) in [6.45, 7) is 0.837. The first-order valence-electron chi connectivity index (χ1n) is 7.31. The molecule has 0 aliphatic rings. The lowest BCUT2D eigenvalue weighted by molar-refractivity contribution is 0.657. The fraction of sp³-hybridized carbons (Fsp3) is 0.222. The minimum absolute atomic E-state index is 0.106. The van der Waals surface area contributed by atoms with Gasteiger partial charge >= 0.3 is 0 Å². The molecular formula is C18H21N3. The van der Waals surface area contributed by atoms with E-state index in [4.69, 9.17) is 5.73 Å². The van der Waals surface area contributed by atoms with E-state index in [2.05, 4.69) is 65.6 Å². The standard InChI is InChI=1S/C18H21N3/c1-21(16-7-3-2-4-8-16)13-15(19)11-14-12-20-18-10-6-5-9-17(14)18/h2-10,12,15,20H,11,13,19H2,1H3/t15-/m0/s1. The van der Waals surface area contributed by atoms with Gasteiger partial charge in [-0.05, 0) is 30.2 Å². The summed E-state index contributed by atoms with van der Waals surface area (Å²) in [5.74, 6) is 0. The van der Waals surface area contributed by atoms with Crippen LogP contribution in [-0.4, -0.2) is 24.6 Å². The number of nitrogens with zero attached hydrogens (tertiary/aromatic N) is 1. The van der Waals surface area contributed by atoms with Crippen LogP contribution in [0.1, 0.15) is 5.56 Å². The quantitative estimate of drug-likeness (QED) is 0.753. The van der Waals surface area contributed by atoms with Gasteiger partial charge in [0.15, 0.2) is 0 Å². The number of hydrogen-bond acceptors (Lipinski definition) is 2. The summed E-state index contributed by atoms with van der Waals surface area (Å²) < 4.78 is 0. The van der Waals surface area contributed by atoms with Gasteiger partial charge in [0.1, 0.15) is 0 Å². The van der Waals surface area contributed by atoms with E-state index in [9.17, 15) is 0 Å². The van der Waals surface area contributed by atoms with Crippen molar-refractivity contribution in [3.05, 3.63) is 66.4 Å². The molecule has 3 nitrogen and oxygen atoms in total. The zero-order chi connectivity index (χ0) is 14.7. The van der Waals surface area contributed by atoms with Gasteiger partial charge in [0.05, 0.1) is 0 Å². The molecule has 3 heteroatoms. The Morgan fingerprint density at radius 1 is 1.05 bits per heavy atom. The van der Waals surface area contributed by atoms with Crippen molar-refractivity contribution in [1.29, 1.82) is 0 Å². The number of H-pyrrole nitrogens is 1. The molecular weight excluding hydrogens is 258 g/mol. The smallest absolute Gasteiger partial charge is 0.0456 e. The van der Waals surface area contributed by atoms with Gasteiger partial charge in [-0.2, -0.15) is 0 Å². The number of aromatic amines is 1. The highest BCUT2D eigenvalue weighted by Gasteiger charge is 2.11.